The van der Waals surface area contributed by atoms with E-state index in [9.17, 15) is 14.4 Å². The van der Waals surface area contributed by atoms with Crippen molar-refractivity contribution in [2.24, 2.45) is 5.73 Å². The van der Waals surface area contributed by atoms with E-state index in [0.29, 0.717) is 22.8 Å². The van der Waals surface area contributed by atoms with Crippen LogP contribution in [0.15, 0.2) is 29.5 Å². The van der Waals surface area contributed by atoms with E-state index in [1.54, 1.807) is 45.9 Å². The van der Waals surface area contributed by atoms with Crippen LogP contribution in [0.2, 0.25) is 0 Å². The van der Waals surface area contributed by atoms with Gasteiger partial charge in [0, 0.05) is 5.70 Å². The van der Waals surface area contributed by atoms with Crippen molar-refractivity contribution >= 4 is 17.9 Å². The normalized spacial score (nSPS) is 16.8. The van der Waals surface area contributed by atoms with Crippen LogP contribution in [0, 0.1) is 0 Å². The summed E-state index contributed by atoms with van der Waals surface area (Å²) in [6.45, 7) is 6.62. The first-order chi connectivity index (χ1) is 13.0. The lowest BCUT2D eigenvalue weighted by Gasteiger charge is -2.30. The SMILES string of the molecule is COc1cc([C@H]2NC(=O)NC(C)=C2C(=O)OC(C)(C)C)ccc1OCC(N)=O. The molecule has 0 radical (unpaired) electrons. The minimum Gasteiger partial charge on any atom is -0.493 e. The summed E-state index contributed by atoms with van der Waals surface area (Å²) in [6, 6.07) is 3.66. The maximum Gasteiger partial charge on any atom is 0.338 e. The van der Waals surface area contributed by atoms with Crippen LogP contribution >= 0.6 is 0 Å². The van der Waals surface area contributed by atoms with Crippen LogP contribution in [0.4, 0.5) is 4.79 Å². The number of amides is 3. The van der Waals surface area contributed by atoms with Crippen LogP contribution < -0.4 is 25.8 Å². The lowest BCUT2D eigenvalue weighted by atomic mass is 9.95. The maximum absolute atomic E-state index is 12.7. The number of urea groups is 1. The molecule has 1 heterocycles. The highest BCUT2D eigenvalue weighted by Crippen LogP contribution is 2.35. The third kappa shape index (κ3) is 5.15. The molecule has 28 heavy (non-hydrogen) atoms. The number of benzene rings is 1. The van der Waals surface area contributed by atoms with E-state index in [1.165, 1.54) is 7.11 Å². The Morgan fingerprint density at radius 2 is 1.89 bits per heavy atom. The van der Waals surface area contributed by atoms with Crippen LogP contribution in [0.25, 0.3) is 0 Å². The first-order valence-electron chi connectivity index (χ1n) is 8.62. The number of methoxy groups -OCH3 is 1. The summed E-state index contributed by atoms with van der Waals surface area (Å²) in [5.74, 6) is -0.532. The largest absolute Gasteiger partial charge is 0.493 e. The predicted molar refractivity (Wildman–Crippen MR) is 101 cm³/mol. The summed E-state index contributed by atoms with van der Waals surface area (Å²) in [6.07, 6.45) is 0. The maximum atomic E-state index is 12.7. The Morgan fingerprint density at radius 3 is 2.46 bits per heavy atom. The summed E-state index contributed by atoms with van der Waals surface area (Å²) < 4.78 is 16.1. The predicted octanol–water partition coefficient (Wildman–Crippen LogP) is 1.53. The quantitative estimate of drug-likeness (QED) is 0.631. The Kier molecular flexibility index (Phi) is 6.17. The fourth-order valence-electron chi connectivity index (χ4n) is 2.68. The number of carbonyl (C=O) groups is 3. The van der Waals surface area contributed by atoms with Gasteiger partial charge in [-0.05, 0) is 45.4 Å². The van der Waals surface area contributed by atoms with E-state index >= 15 is 0 Å². The molecule has 0 unspecified atom stereocenters. The Balaban J connectivity index is 2.42. The molecule has 0 aliphatic carbocycles. The van der Waals surface area contributed by atoms with E-state index in [0.717, 1.165) is 0 Å². The standard InChI is InChI=1S/C19H25N3O6/c1-10-15(17(24)28-19(2,3)4)16(22-18(25)21-10)11-6-7-12(13(8-11)26-5)27-9-14(20)23/h6-8,16H,9H2,1-5H3,(H2,20,23)(H2,21,22,25)/t16-/m1/s1. The van der Waals surface area contributed by atoms with E-state index < -0.39 is 29.6 Å². The first kappa shape index (κ1) is 21.1. The minimum absolute atomic E-state index is 0.280. The third-order valence-electron chi connectivity index (χ3n) is 3.78. The number of nitrogens with two attached hydrogens (primary N) is 1. The average molecular weight is 391 g/mol. The number of carbonyl (C=O) groups excluding carboxylic acids is 3. The van der Waals surface area contributed by atoms with Gasteiger partial charge in [0.15, 0.2) is 18.1 Å². The van der Waals surface area contributed by atoms with E-state index in [2.05, 4.69) is 10.6 Å². The highest BCUT2D eigenvalue weighted by Gasteiger charge is 2.34. The van der Waals surface area contributed by atoms with Gasteiger partial charge in [0.2, 0.25) is 0 Å². The molecule has 0 spiro atoms. The molecule has 1 aliphatic heterocycles. The van der Waals surface area contributed by atoms with Crippen molar-refractivity contribution in [3.8, 4) is 11.5 Å². The monoisotopic (exact) mass is 391 g/mol. The Bertz CT molecular complexity index is 825. The molecule has 2 rings (SSSR count). The van der Waals surface area contributed by atoms with Gasteiger partial charge >= 0.3 is 12.0 Å². The van der Waals surface area contributed by atoms with Crippen LogP contribution in [0.5, 0.6) is 11.5 Å². The second-order valence-electron chi connectivity index (χ2n) is 7.24. The summed E-state index contributed by atoms with van der Waals surface area (Å²) in [7, 11) is 1.44. The van der Waals surface area contributed by atoms with Gasteiger partial charge in [-0.1, -0.05) is 6.07 Å². The van der Waals surface area contributed by atoms with Gasteiger partial charge in [0.1, 0.15) is 5.60 Å². The number of primary amides is 1. The fraction of sp³-hybridized carbons (Fsp3) is 0.421. The van der Waals surface area contributed by atoms with Crippen molar-refractivity contribution in [3.05, 3.63) is 35.0 Å². The molecular formula is C19H25N3O6. The zero-order chi connectivity index (χ0) is 21.1. The van der Waals surface area contributed by atoms with Crippen LogP contribution in [0.1, 0.15) is 39.3 Å². The number of ether oxygens (including phenoxy) is 3. The summed E-state index contributed by atoms with van der Waals surface area (Å²) in [5, 5.41) is 5.31. The number of hydrogen-bond acceptors (Lipinski definition) is 6. The minimum atomic E-state index is -0.748. The topological polar surface area (TPSA) is 129 Å². The molecule has 0 saturated carbocycles. The molecule has 152 valence electrons. The number of nitrogens with one attached hydrogen (secondary N) is 2. The third-order valence-corrected chi connectivity index (χ3v) is 3.78. The Hall–Kier alpha value is -3.23. The van der Waals surface area contributed by atoms with Crippen LogP contribution in [0.3, 0.4) is 0 Å². The van der Waals surface area contributed by atoms with Crippen LogP contribution in [-0.2, 0) is 14.3 Å². The van der Waals surface area contributed by atoms with Gasteiger partial charge in [0.05, 0.1) is 18.7 Å². The van der Waals surface area contributed by atoms with E-state index in [1.807, 2.05) is 0 Å². The first-order valence-corrected chi connectivity index (χ1v) is 8.62. The molecule has 4 N–H and O–H groups in total. The lowest BCUT2D eigenvalue weighted by Crippen LogP contribution is -2.46. The lowest BCUT2D eigenvalue weighted by molar-refractivity contribution is -0.150. The summed E-state index contributed by atoms with van der Waals surface area (Å²) in [5.41, 5.74) is 5.66. The Labute approximate surface area is 163 Å². The molecule has 1 atom stereocenters. The number of hydrogen-bond donors (Lipinski definition) is 3. The molecule has 3 amide bonds. The van der Waals surface area contributed by atoms with E-state index in [4.69, 9.17) is 19.9 Å². The van der Waals surface area contributed by atoms with Crippen LogP contribution in [-0.4, -0.2) is 37.2 Å². The molecule has 1 aromatic carbocycles. The average Bonchev–Trinajstić information content (AvgIpc) is 2.57. The molecule has 0 fully saturated rings. The van der Waals surface area contributed by atoms with Crippen molar-refractivity contribution in [2.45, 2.75) is 39.3 Å². The summed E-state index contributed by atoms with van der Waals surface area (Å²) >= 11 is 0. The van der Waals surface area contributed by atoms with E-state index in [-0.39, 0.29) is 12.2 Å². The number of rotatable bonds is 6. The highest BCUT2D eigenvalue weighted by molar-refractivity contribution is 5.95. The van der Waals surface area contributed by atoms with Crippen molar-refractivity contribution < 1.29 is 28.6 Å². The second-order valence-corrected chi connectivity index (χ2v) is 7.24. The van der Waals surface area contributed by atoms with Crippen molar-refractivity contribution in [1.29, 1.82) is 0 Å². The molecule has 0 bridgehead atoms. The smallest absolute Gasteiger partial charge is 0.338 e. The van der Waals surface area contributed by atoms with Crippen molar-refractivity contribution in [1.82, 2.24) is 10.6 Å². The fourth-order valence-corrected chi connectivity index (χ4v) is 2.68. The van der Waals surface area contributed by atoms with Crippen molar-refractivity contribution in [3.63, 3.8) is 0 Å². The number of esters is 1. The van der Waals surface area contributed by atoms with Gasteiger partial charge in [-0.25, -0.2) is 9.59 Å². The molecule has 0 aromatic heterocycles. The number of allylic oxidation sites excluding steroid dienone is 1. The highest BCUT2D eigenvalue weighted by atomic mass is 16.6. The van der Waals surface area contributed by atoms with Crippen molar-refractivity contribution in [2.75, 3.05) is 13.7 Å². The molecule has 1 aromatic rings. The summed E-state index contributed by atoms with van der Waals surface area (Å²) in [4.78, 5) is 35.7. The van der Waals surface area contributed by atoms with Gasteiger partial charge < -0.3 is 30.6 Å². The molecule has 9 heteroatoms. The van der Waals surface area contributed by atoms with Gasteiger partial charge in [-0.15, -0.1) is 0 Å². The molecule has 9 nitrogen and oxygen atoms in total. The molecular weight excluding hydrogens is 366 g/mol. The van der Waals surface area contributed by atoms with Gasteiger partial charge in [0.25, 0.3) is 5.91 Å². The Morgan fingerprint density at radius 1 is 1.21 bits per heavy atom. The van der Waals surface area contributed by atoms with Gasteiger partial charge in [-0.2, -0.15) is 0 Å². The zero-order valence-corrected chi connectivity index (χ0v) is 16.5. The molecule has 0 saturated heterocycles. The zero-order valence-electron chi connectivity index (χ0n) is 16.5. The second kappa shape index (κ2) is 8.20. The molecule has 1 aliphatic rings. The van der Waals surface area contributed by atoms with Gasteiger partial charge in [-0.3, -0.25) is 4.79 Å².